The minimum Gasteiger partial charge on any atom is -0.464 e. The molecule has 0 unspecified atom stereocenters. The molecule has 6 nitrogen and oxygen atoms in total. The maximum atomic E-state index is 13.1. The van der Waals surface area contributed by atoms with Gasteiger partial charge in [-0.05, 0) is 24.1 Å². The van der Waals surface area contributed by atoms with Gasteiger partial charge in [-0.15, -0.1) is 11.3 Å². The first-order valence-corrected chi connectivity index (χ1v) is 7.22. The molecule has 2 rings (SSSR count). The van der Waals surface area contributed by atoms with Gasteiger partial charge in [0.15, 0.2) is 10.8 Å². The number of nitrogens with one attached hydrogen (secondary N) is 1. The van der Waals surface area contributed by atoms with Crippen molar-refractivity contribution in [2.24, 2.45) is 5.73 Å². The van der Waals surface area contributed by atoms with Gasteiger partial charge in [-0.25, -0.2) is 14.2 Å². The van der Waals surface area contributed by atoms with E-state index in [2.05, 4.69) is 15.0 Å². The fourth-order valence-electron chi connectivity index (χ4n) is 1.74. The number of rotatable bonds is 5. The van der Waals surface area contributed by atoms with E-state index in [0.717, 1.165) is 11.3 Å². The highest BCUT2D eigenvalue weighted by Gasteiger charge is 2.17. The first kappa shape index (κ1) is 16.1. The molecule has 1 atom stereocenters. The van der Waals surface area contributed by atoms with E-state index in [1.165, 1.54) is 24.6 Å². The van der Waals surface area contributed by atoms with E-state index in [0.29, 0.717) is 5.56 Å². The number of hydrogen-bond acceptors (Lipinski definition) is 6. The summed E-state index contributed by atoms with van der Waals surface area (Å²) in [6.07, 6.45) is 0.193. The minimum atomic E-state index is -0.854. The highest BCUT2D eigenvalue weighted by Crippen LogP contribution is 2.16. The molecule has 1 heterocycles. The summed E-state index contributed by atoms with van der Waals surface area (Å²) in [5, 5.41) is 4.24. The maximum absolute atomic E-state index is 13.1. The van der Waals surface area contributed by atoms with Gasteiger partial charge >= 0.3 is 5.97 Å². The van der Waals surface area contributed by atoms with E-state index in [1.807, 2.05) is 0 Å². The van der Waals surface area contributed by atoms with Crippen LogP contribution in [-0.4, -0.2) is 30.0 Å². The van der Waals surface area contributed by atoms with Crippen molar-refractivity contribution >= 4 is 28.3 Å². The van der Waals surface area contributed by atoms with Crippen molar-refractivity contribution in [2.45, 2.75) is 12.5 Å². The molecule has 8 heteroatoms. The molecule has 0 saturated heterocycles. The number of methoxy groups -OCH3 is 1. The molecule has 3 N–H and O–H groups in total. The highest BCUT2D eigenvalue weighted by molar-refractivity contribution is 7.14. The highest BCUT2D eigenvalue weighted by atomic mass is 32.1. The van der Waals surface area contributed by atoms with Crippen LogP contribution in [0.1, 0.15) is 16.1 Å². The van der Waals surface area contributed by atoms with Crippen LogP contribution in [0, 0.1) is 5.82 Å². The quantitative estimate of drug-likeness (QED) is 0.815. The molecule has 0 radical (unpaired) electrons. The number of amides is 1. The average Bonchev–Trinajstić information content (AvgIpc) is 2.95. The van der Waals surface area contributed by atoms with Crippen molar-refractivity contribution in [1.29, 1.82) is 0 Å². The summed E-state index contributed by atoms with van der Waals surface area (Å²) in [7, 11) is 1.24. The number of ether oxygens (including phenoxy) is 1. The van der Waals surface area contributed by atoms with Crippen LogP contribution in [0.3, 0.4) is 0 Å². The first-order chi connectivity index (χ1) is 10.5. The van der Waals surface area contributed by atoms with Gasteiger partial charge in [0.1, 0.15) is 5.82 Å². The third-order valence-corrected chi connectivity index (χ3v) is 3.57. The molecule has 0 aliphatic carbocycles. The maximum Gasteiger partial charge on any atom is 0.357 e. The van der Waals surface area contributed by atoms with Crippen molar-refractivity contribution < 1.29 is 18.7 Å². The number of esters is 1. The average molecular weight is 323 g/mol. The normalized spacial score (nSPS) is 11.8. The summed E-state index contributed by atoms with van der Waals surface area (Å²) in [4.78, 5) is 27.2. The molecule has 0 saturated carbocycles. The molecule has 1 amide bonds. The molecular formula is C14H14FN3O3S. The molecule has 0 aliphatic rings. The number of anilines is 1. The lowest BCUT2D eigenvalue weighted by Gasteiger charge is -2.10. The molecule has 1 aromatic carbocycles. The first-order valence-electron chi connectivity index (χ1n) is 6.34. The molecule has 0 spiro atoms. The third-order valence-electron chi connectivity index (χ3n) is 2.81. The lowest BCUT2D eigenvalue weighted by Crippen LogP contribution is -2.37. The van der Waals surface area contributed by atoms with Crippen molar-refractivity contribution in [3.8, 4) is 0 Å². The molecule has 116 valence electrons. The number of aromatic nitrogens is 1. The van der Waals surface area contributed by atoms with Gasteiger partial charge in [0.2, 0.25) is 5.91 Å². The van der Waals surface area contributed by atoms with E-state index in [9.17, 15) is 14.0 Å². The van der Waals surface area contributed by atoms with Crippen LogP contribution in [0.15, 0.2) is 29.6 Å². The topological polar surface area (TPSA) is 94.3 Å². The lowest BCUT2D eigenvalue weighted by molar-refractivity contribution is -0.117. The van der Waals surface area contributed by atoms with Crippen molar-refractivity contribution in [2.75, 3.05) is 12.4 Å². The Morgan fingerprint density at radius 1 is 1.50 bits per heavy atom. The van der Waals surface area contributed by atoms with Crippen LogP contribution in [0.25, 0.3) is 0 Å². The summed E-state index contributed by atoms with van der Waals surface area (Å²) < 4.78 is 17.6. The predicted molar refractivity (Wildman–Crippen MR) is 80.2 cm³/mol. The standard InChI is InChI=1S/C14H14FN3O3S/c1-21-13(20)11-7-22-14(17-11)18-12(19)10(16)6-8-3-2-4-9(15)5-8/h2-5,7,10H,6,16H2,1H3,(H,17,18,19)/t10-/m0/s1. The lowest BCUT2D eigenvalue weighted by atomic mass is 10.1. The second-order valence-corrected chi connectivity index (χ2v) is 5.32. The third kappa shape index (κ3) is 4.09. The van der Waals surface area contributed by atoms with Gasteiger partial charge < -0.3 is 15.8 Å². The van der Waals surface area contributed by atoms with Gasteiger partial charge in [0.25, 0.3) is 0 Å². The van der Waals surface area contributed by atoms with Gasteiger partial charge in [-0.2, -0.15) is 0 Å². The fourth-order valence-corrected chi connectivity index (χ4v) is 2.42. The Labute approximate surface area is 130 Å². The molecule has 2 aromatic rings. The number of carbonyl (C=O) groups is 2. The van der Waals surface area contributed by atoms with E-state index in [4.69, 9.17) is 5.73 Å². The van der Waals surface area contributed by atoms with Crippen LogP contribution in [0.4, 0.5) is 9.52 Å². The number of nitrogens with zero attached hydrogens (tertiary/aromatic N) is 1. The summed E-state index contributed by atoms with van der Waals surface area (Å²) in [5.74, 6) is -1.43. The Bertz CT molecular complexity index is 689. The van der Waals surface area contributed by atoms with Crippen LogP contribution < -0.4 is 11.1 Å². The molecule has 1 aromatic heterocycles. The molecule has 22 heavy (non-hydrogen) atoms. The monoisotopic (exact) mass is 323 g/mol. The van der Waals surface area contributed by atoms with Gasteiger partial charge in [-0.3, -0.25) is 4.79 Å². The molecule has 0 aliphatic heterocycles. The van der Waals surface area contributed by atoms with Crippen LogP contribution in [0.5, 0.6) is 0 Å². The van der Waals surface area contributed by atoms with Crippen LogP contribution in [0.2, 0.25) is 0 Å². The van der Waals surface area contributed by atoms with E-state index in [1.54, 1.807) is 12.1 Å². The van der Waals surface area contributed by atoms with Gasteiger partial charge in [0.05, 0.1) is 13.2 Å². The number of nitrogens with two attached hydrogens (primary N) is 1. The Morgan fingerprint density at radius 3 is 2.95 bits per heavy atom. The minimum absolute atomic E-state index is 0.113. The number of hydrogen-bond donors (Lipinski definition) is 2. The van der Waals surface area contributed by atoms with Gasteiger partial charge in [0, 0.05) is 5.38 Å². The SMILES string of the molecule is COC(=O)c1csc(NC(=O)[C@@H](N)Cc2cccc(F)c2)n1. The Hall–Kier alpha value is -2.32. The van der Waals surface area contributed by atoms with Gasteiger partial charge in [-0.1, -0.05) is 12.1 Å². The van der Waals surface area contributed by atoms with Crippen LogP contribution >= 0.6 is 11.3 Å². The van der Waals surface area contributed by atoms with E-state index >= 15 is 0 Å². The summed E-state index contributed by atoms with van der Waals surface area (Å²) in [5.41, 5.74) is 6.53. The number of benzene rings is 1. The summed E-state index contributed by atoms with van der Waals surface area (Å²) in [6.45, 7) is 0. The largest absolute Gasteiger partial charge is 0.464 e. The summed E-state index contributed by atoms with van der Waals surface area (Å²) >= 11 is 1.09. The van der Waals surface area contributed by atoms with Crippen molar-refractivity contribution in [3.63, 3.8) is 0 Å². The van der Waals surface area contributed by atoms with E-state index < -0.39 is 17.9 Å². The molecule has 0 bridgehead atoms. The van der Waals surface area contributed by atoms with Crippen molar-refractivity contribution in [3.05, 3.63) is 46.7 Å². The Balaban J connectivity index is 1.96. The zero-order valence-corrected chi connectivity index (χ0v) is 12.5. The molecular weight excluding hydrogens is 309 g/mol. The number of carbonyl (C=O) groups excluding carboxylic acids is 2. The second kappa shape index (κ2) is 7.10. The molecule has 0 fully saturated rings. The zero-order valence-electron chi connectivity index (χ0n) is 11.7. The predicted octanol–water partition coefficient (Wildman–Crippen LogP) is 1.58. The Morgan fingerprint density at radius 2 is 2.27 bits per heavy atom. The number of halogens is 1. The van der Waals surface area contributed by atoms with Crippen LogP contribution in [-0.2, 0) is 16.0 Å². The smallest absolute Gasteiger partial charge is 0.357 e. The van der Waals surface area contributed by atoms with Crippen molar-refractivity contribution in [1.82, 2.24) is 4.98 Å². The fraction of sp³-hybridized carbons (Fsp3) is 0.214. The van der Waals surface area contributed by atoms with E-state index in [-0.39, 0.29) is 23.1 Å². The second-order valence-electron chi connectivity index (χ2n) is 4.46. The number of thiazole rings is 1. The summed E-state index contributed by atoms with van der Waals surface area (Å²) in [6, 6.07) is 5.03. The Kier molecular flexibility index (Phi) is 5.18. The zero-order chi connectivity index (χ0) is 16.1.